The van der Waals surface area contributed by atoms with Gasteiger partial charge in [-0.2, -0.15) is 4.98 Å². The molecular formula is C10H11N5O3. The van der Waals surface area contributed by atoms with Gasteiger partial charge in [-0.1, -0.05) is 5.16 Å². The number of hydrogen-bond acceptors (Lipinski definition) is 8. The maximum atomic E-state index is 11.1. The molecule has 2 rings (SSSR count). The van der Waals surface area contributed by atoms with Crippen molar-refractivity contribution in [2.24, 2.45) is 0 Å². The zero-order chi connectivity index (χ0) is 13.0. The lowest BCUT2D eigenvalue weighted by molar-refractivity contribution is 0.0593. The first-order chi connectivity index (χ1) is 8.69. The number of anilines is 1. The van der Waals surface area contributed by atoms with E-state index in [1.165, 1.54) is 13.2 Å². The molecule has 8 nitrogen and oxygen atoms in total. The number of methoxy groups -OCH3 is 1. The van der Waals surface area contributed by atoms with E-state index < -0.39 is 5.97 Å². The maximum absolute atomic E-state index is 11.1. The highest BCUT2D eigenvalue weighted by Crippen LogP contribution is 2.05. The number of carbonyl (C=O) groups excluding carboxylic acids is 1. The van der Waals surface area contributed by atoms with Crippen LogP contribution in [0.4, 0.5) is 5.82 Å². The van der Waals surface area contributed by atoms with Crippen LogP contribution in [-0.4, -0.2) is 33.4 Å². The summed E-state index contributed by atoms with van der Waals surface area (Å²) in [7, 11) is 1.29. The summed E-state index contributed by atoms with van der Waals surface area (Å²) in [4.78, 5) is 15.2. The van der Waals surface area contributed by atoms with Crippen molar-refractivity contribution in [2.45, 2.75) is 13.5 Å². The Morgan fingerprint density at radius 1 is 1.44 bits per heavy atom. The molecule has 8 heteroatoms. The Labute approximate surface area is 102 Å². The summed E-state index contributed by atoms with van der Waals surface area (Å²) >= 11 is 0. The van der Waals surface area contributed by atoms with E-state index in [-0.39, 0.29) is 5.69 Å². The summed E-state index contributed by atoms with van der Waals surface area (Å²) in [6, 6.07) is 3.13. The lowest BCUT2D eigenvalue weighted by Gasteiger charge is -2.02. The first-order valence-electron chi connectivity index (χ1n) is 5.14. The molecule has 0 aliphatic carbocycles. The molecule has 2 aromatic heterocycles. The Kier molecular flexibility index (Phi) is 3.46. The molecule has 2 heterocycles. The van der Waals surface area contributed by atoms with Gasteiger partial charge in [0.25, 0.3) is 0 Å². The third-order valence-electron chi connectivity index (χ3n) is 2.05. The lowest BCUT2D eigenvalue weighted by Crippen LogP contribution is -2.08. The first-order valence-corrected chi connectivity index (χ1v) is 5.14. The smallest absolute Gasteiger partial charge is 0.358 e. The van der Waals surface area contributed by atoms with Gasteiger partial charge in [-0.25, -0.2) is 4.79 Å². The van der Waals surface area contributed by atoms with Crippen LogP contribution in [0.5, 0.6) is 0 Å². The van der Waals surface area contributed by atoms with E-state index in [0.29, 0.717) is 24.1 Å². The van der Waals surface area contributed by atoms with Crippen LogP contribution in [0.3, 0.4) is 0 Å². The summed E-state index contributed by atoms with van der Waals surface area (Å²) in [6.45, 7) is 2.07. The summed E-state index contributed by atoms with van der Waals surface area (Å²) in [6.07, 6.45) is 0. The Bertz CT molecular complexity index is 537. The average Bonchev–Trinajstić information content (AvgIpc) is 2.82. The van der Waals surface area contributed by atoms with E-state index in [2.05, 4.69) is 30.4 Å². The summed E-state index contributed by atoms with van der Waals surface area (Å²) in [5, 5.41) is 14.1. The van der Waals surface area contributed by atoms with Crippen molar-refractivity contribution < 1.29 is 14.1 Å². The van der Waals surface area contributed by atoms with Crippen molar-refractivity contribution in [2.75, 3.05) is 12.4 Å². The first kappa shape index (κ1) is 12.0. The normalized spacial score (nSPS) is 10.1. The fourth-order valence-electron chi connectivity index (χ4n) is 1.22. The molecular weight excluding hydrogens is 238 g/mol. The predicted octanol–water partition coefficient (Wildman–Crippen LogP) is 0.567. The van der Waals surface area contributed by atoms with Gasteiger partial charge in [0.1, 0.15) is 5.82 Å². The third kappa shape index (κ3) is 2.78. The maximum Gasteiger partial charge on any atom is 0.358 e. The quantitative estimate of drug-likeness (QED) is 0.784. The molecule has 0 radical (unpaired) electrons. The number of nitrogens with zero attached hydrogens (tertiary/aromatic N) is 4. The number of nitrogens with one attached hydrogen (secondary N) is 1. The molecule has 0 saturated heterocycles. The van der Waals surface area contributed by atoms with E-state index in [9.17, 15) is 4.79 Å². The molecule has 0 amide bonds. The van der Waals surface area contributed by atoms with Crippen LogP contribution in [0.1, 0.15) is 22.2 Å². The van der Waals surface area contributed by atoms with Gasteiger partial charge in [0.2, 0.25) is 5.89 Å². The zero-order valence-corrected chi connectivity index (χ0v) is 9.88. The molecule has 18 heavy (non-hydrogen) atoms. The average molecular weight is 249 g/mol. The van der Waals surface area contributed by atoms with Crippen LogP contribution in [0, 0.1) is 6.92 Å². The molecule has 0 aliphatic heterocycles. The van der Waals surface area contributed by atoms with Crippen molar-refractivity contribution in [3.8, 4) is 0 Å². The van der Waals surface area contributed by atoms with Crippen LogP contribution >= 0.6 is 0 Å². The topological polar surface area (TPSA) is 103 Å². The molecule has 0 saturated carbocycles. The van der Waals surface area contributed by atoms with E-state index in [1.54, 1.807) is 13.0 Å². The number of rotatable bonds is 4. The van der Waals surface area contributed by atoms with Crippen LogP contribution in [0.2, 0.25) is 0 Å². The minimum absolute atomic E-state index is 0.150. The molecule has 94 valence electrons. The van der Waals surface area contributed by atoms with Gasteiger partial charge in [-0.15, -0.1) is 10.2 Å². The van der Waals surface area contributed by atoms with Crippen molar-refractivity contribution in [1.82, 2.24) is 20.3 Å². The number of esters is 1. The summed E-state index contributed by atoms with van der Waals surface area (Å²) < 4.78 is 9.43. The Balaban J connectivity index is 1.96. The van der Waals surface area contributed by atoms with Crippen LogP contribution in [-0.2, 0) is 11.3 Å². The van der Waals surface area contributed by atoms with Crippen molar-refractivity contribution in [1.29, 1.82) is 0 Å². The van der Waals surface area contributed by atoms with E-state index in [4.69, 9.17) is 4.52 Å². The number of aromatic nitrogens is 4. The highest BCUT2D eigenvalue weighted by molar-refractivity contribution is 5.86. The van der Waals surface area contributed by atoms with Gasteiger partial charge < -0.3 is 14.6 Å². The second-order valence-corrected chi connectivity index (χ2v) is 3.38. The van der Waals surface area contributed by atoms with Gasteiger partial charge in [-0.05, 0) is 19.1 Å². The van der Waals surface area contributed by atoms with Crippen LogP contribution in [0.15, 0.2) is 16.7 Å². The van der Waals surface area contributed by atoms with Crippen LogP contribution in [0.25, 0.3) is 0 Å². The third-order valence-corrected chi connectivity index (χ3v) is 2.05. The van der Waals surface area contributed by atoms with Gasteiger partial charge in [0.15, 0.2) is 11.5 Å². The Hall–Kier alpha value is -2.51. The molecule has 0 fully saturated rings. The molecule has 0 unspecified atom stereocenters. The minimum atomic E-state index is -0.526. The molecule has 2 aromatic rings. The Morgan fingerprint density at radius 2 is 2.28 bits per heavy atom. The van der Waals surface area contributed by atoms with Gasteiger partial charge in [0, 0.05) is 0 Å². The lowest BCUT2D eigenvalue weighted by atomic mass is 10.4. The number of aryl methyl sites for hydroxylation is 1. The molecule has 1 N–H and O–H groups in total. The zero-order valence-electron chi connectivity index (χ0n) is 9.88. The molecule has 0 aromatic carbocycles. The van der Waals surface area contributed by atoms with Crippen molar-refractivity contribution >= 4 is 11.8 Å². The predicted molar refractivity (Wildman–Crippen MR) is 59.7 cm³/mol. The molecule has 0 atom stereocenters. The Morgan fingerprint density at radius 3 is 2.83 bits per heavy atom. The monoisotopic (exact) mass is 249 g/mol. The van der Waals surface area contributed by atoms with Crippen LogP contribution < -0.4 is 5.32 Å². The van der Waals surface area contributed by atoms with Gasteiger partial charge in [0.05, 0.1) is 13.7 Å². The standard InChI is InChI=1S/C10H11N5O3/c1-6-12-9(18-15-6)5-11-8-4-3-7(13-14-8)10(16)17-2/h3-4H,5H2,1-2H3,(H,11,14). The SMILES string of the molecule is COC(=O)c1ccc(NCc2nc(C)no2)nn1. The van der Waals surface area contributed by atoms with Gasteiger partial charge >= 0.3 is 5.97 Å². The van der Waals surface area contributed by atoms with Crippen molar-refractivity contribution in [3.63, 3.8) is 0 Å². The number of carbonyl (C=O) groups is 1. The summed E-state index contributed by atoms with van der Waals surface area (Å²) in [5.74, 6) is 0.991. The second kappa shape index (κ2) is 5.21. The van der Waals surface area contributed by atoms with E-state index in [0.717, 1.165) is 0 Å². The van der Waals surface area contributed by atoms with Crippen molar-refractivity contribution in [3.05, 3.63) is 29.5 Å². The minimum Gasteiger partial charge on any atom is -0.464 e. The second-order valence-electron chi connectivity index (χ2n) is 3.38. The largest absolute Gasteiger partial charge is 0.464 e. The number of hydrogen-bond donors (Lipinski definition) is 1. The van der Waals surface area contributed by atoms with E-state index in [1.807, 2.05) is 0 Å². The number of ether oxygens (including phenoxy) is 1. The highest BCUT2D eigenvalue weighted by Gasteiger charge is 2.08. The fraction of sp³-hybridized carbons (Fsp3) is 0.300. The molecule has 0 bridgehead atoms. The fourth-order valence-corrected chi connectivity index (χ4v) is 1.22. The van der Waals surface area contributed by atoms with Gasteiger partial charge in [-0.3, -0.25) is 0 Å². The summed E-state index contributed by atoms with van der Waals surface area (Å²) in [5.41, 5.74) is 0.150. The highest BCUT2D eigenvalue weighted by atomic mass is 16.5. The van der Waals surface area contributed by atoms with E-state index >= 15 is 0 Å². The molecule has 0 spiro atoms. The molecule has 0 aliphatic rings.